The summed E-state index contributed by atoms with van der Waals surface area (Å²) >= 11 is 11.3. The minimum atomic E-state index is -0.153. The molecule has 0 aliphatic carbocycles. The first-order valence-corrected chi connectivity index (χ1v) is 6.25. The van der Waals surface area contributed by atoms with Crippen molar-refractivity contribution in [2.45, 2.75) is 0 Å². The molecule has 1 rings (SSSR count). The van der Waals surface area contributed by atoms with Crippen LogP contribution in [0.1, 0.15) is 10.4 Å². The highest BCUT2D eigenvalue weighted by molar-refractivity contribution is 14.1. The Balaban J connectivity index is 3.39. The van der Waals surface area contributed by atoms with Crippen LogP contribution >= 0.6 is 50.1 Å². The molecule has 82 valence electrons. The van der Waals surface area contributed by atoms with E-state index in [1.807, 2.05) is 22.6 Å². The van der Waals surface area contributed by atoms with E-state index < -0.39 is 0 Å². The Kier molecular flexibility index (Phi) is 4.25. The van der Waals surface area contributed by atoms with Crippen LogP contribution in [0, 0.1) is 3.57 Å². The number of nitrogen functional groups attached to an aromatic ring is 1. The Morgan fingerprint density at radius 1 is 1.60 bits per heavy atom. The van der Waals surface area contributed by atoms with Gasteiger partial charge in [-0.2, -0.15) is 0 Å². The average Bonchev–Trinajstić information content (AvgIpc) is 2.19. The molecule has 0 aliphatic rings. The summed E-state index contributed by atoms with van der Waals surface area (Å²) < 4.78 is 1.47. The van der Waals surface area contributed by atoms with Gasteiger partial charge in [0.2, 0.25) is 0 Å². The Morgan fingerprint density at radius 2 is 2.13 bits per heavy atom. The number of rotatable bonds is 1. The molecule has 2 N–H and O–H groups in total. The quantitative estimate of drug-likeness (QED) is 0.445. The lowest BCUT2D eigenvalue weighted by atomic mass is 10.1. The van der Waals surface area contributed by atoms with E-state index in [-0.39, 0.29) is 5.91 Å². The van der Waals surface area contributed by atoms with Gasteiger partial charge < -0.3 is 10.6 Å². The zero-order valence-electron chi connectivity index (χ0n) is 8.14. The number of carbonyl (C=O) groups is 1. The SMILES string of the molecule is CN(C)C(=O)c1cc(Cl)c(Br)c(I)c1N. The Morgan fingerprint density at radius 3 is 2.60 bits per heavy atom. The number of halogens is 3. The van der Waals surface area contributed by atoms with E-state index in [9.17, 15) is 4.79 Å². The number of nitrogens with two attached hydrogens (primary N) is 1. The number of nitrogens with zero attached hydrogens (tertiary/aromatic N) is 1. The molecule has 1 aromatic carbocycles. The van der Waals surface area contributed by atoms with E-state index in [0.717, 1.165) is 8.04 Å². The van der Waals surface area contributed by atoms with Crippen molar-refractivity contribution in [3.8, 4) is 0 Å². The van der Waals surface area contributed by atoms with Crippen molar-refractivity contribution < 1.29 is 4.79 Å². The molecule has 0 aromatic heterocycles. The summed E-state index contributed by atoms with van der Waals surface area (Å²) in [5, 5.41) is 0.485. The molecule has 0 heterocycles. The molecule has 6 heteroatoms. The molecule has 0 saturated carbocycles. The molecule has 0 saturated heterocycles. The lowest BCUT2D eigenvalue weighted by Gasteiger charge is -2.14. The molecular weight excluding hydrogens is 394 g/mol. The first-order valence-electron chi connectivity index (χ1n) is 4.01. The highest BCUT2D eigenvalue weighted by Gasteiger charge is 2.17. The monoisotopic (exact) mass is 402 g/mol. The van der Waals surface area contributed by atoms with Crippen LogP contribution in [0.4, 0.5) is 5.69 Å². The van der Waals surface area contributed by atoms with Crippen molar-refractivity contribution >= 4 is 61.7 Å². The fourth-order valence-electron chi connectivity index (χ4n) is 1.03. The van der Waals surface area contributed by atoms with Gasteiger partial charge in [0.15, 0.2) is 0 Å². The van der Waals surface area contributed by atoms with Gasteiger partial charge in [0.05, 0.1) is 24.3 Å². The summed E-state index contributed by atoms with van der Waals surface area (Å²) in [7, 11) is 3.34. The summed E-state index contributed by atoms with van der Waals surface area (Å²) in [6.07, 6.45) is 0. The lowest BCUT2D eigenvalue weighted by Crippen LogP contribution is -2.23. The Bertz CT molecular complexity index is 423. The Hall–Kier alpha value is -0.0100. The predicted molar refractivity (Wildman–Crippen MR) is 74.3 cm³/mol. The molecule has 1 amide bonds. The average molecular weight is 403 g/mol. The fraction of sp³-hybridized carbons (Fsp3) is 0.222. The van der Waals surface area contributed by atoms with Gasteiger partial charge >= 0.3 is 0 Å². The molecular formula is C9H9BrClIN2O. The van der Waals surface area contributed by atoms with Crippen LogP contribution < -0.4 is 5.73 Å². The van der Waals surface area contributed by atoms with Crippen molar-refractivity contribution in [1.29, 1.82) is 0 Å². The van der Waals surface area contributed by atoms with E-state index in [1.54, 1.807) is 20.2 Å². The van der Waals surface area contributed by atoms with Gasteiger partial charge in [0.1, 0.15) is 0 Å². The molecule has 15 heavy (non-hydrogen) atoms. The van der Waals surface area contributed by atoms with Gasteiger partial charge in [-0.1, -0.05) is 11.6 Å². The van der Waals surface area contributed by atoms with E-state index in [2.05, 4.69) is 15.9 Å². The van der Waals surface area contributed by atoms with E-state index >= 15 is 0 Å². The minimum Gasteiger partial charge on any atom is -0.397 e. The third kappa shape index (κ3) is 2.57. The van der Waals surface area contributed by atoms with Gasteiger partial charge in [-0.05, 0) is 44.6 Å². The summed E-state index contributed by atoms with van der Waals surface area (Å²) in [4.78, 5) is 13.2. The van der Waals surface area contributed by atoms with Crippen LogP contribution in [0.25, 0.3) is 0 Å². The highest BCUT2D eigenvalue weighted by atomic mass is 127. The van der Waals surface area contributed by atoms with Crippen LogP contribution in [-0.4, -0.2) is 24.9 Å². The van der Waals surface area contributed by atoms with Gasteiger partial charge in [-0.25, -0.2) is 0 Å². The maximum absolute atomic E-state index is 11.7. The van der Waals surface area contributed by atoms with Crippen LogP contribution in [0.15, 0.2) is 10.5 Å². The number of carbonyl (C=O) groups excluding carboxylic acids is 1. The van der Waals surface area contributed by atoms with Crippen molar-refractivity contribution in [2.75, 3.05) is 19.8 Å². The molecule has 3 nitrogen and oxygen atoms in total. The molecule has 0 spiro atoms. The third-order valence-corrected chi connectivity index (χ3v) is 5.05. The fourth-order valence-corrected chi connectivity index (χ4v) is 2.30. The molecule has 0 fully saturated rings. The largest absolute Gasteiger partial charge is 0.397 e. The summed E-state index contributed by atoms with van der Waals surface area (Å²) in [5.74, 6) is -0.153. The van der Waals surface area contributed by atoms with Gasteiger partial charge in [0, 0.05) is 14.1 Å². The minimum absolute atomic E-state index is 0.153. The molecule has 0 aliphatic heterocycles. The zero-order chi connectivity index (χ0) is 11.7. The van der Waals surface area contributed by atoms with Crippen LogP contribution in [0.3, 0.4) is 0 Å². The predicted octanol–water partition coefficient (Wildman–Crippen LogP) is 2.99. The molecule has 0 radical (unpaired) electrons. The van der Waals surface area contributed by atoms with Gasteiger partial charge in [-0.3, -0.25) is 4.79 Å². The molecule has 0 atom stereocenters. The second kappa shape index (κ2) is 4.88. The van der Waals surface area contributed by atoms with Crippen molar-refractivity contribution in [3.63, 3.8) is 0 Å². The second-order valence-corrected chi connectivity index (χ2v) is 5.43. The summed E-state index contributed by atoms with van der Waals surface area (Å²) in [5.41, 5.74) is 6.73. The van der Waals surface area contributed by atoms with Gasteiger partial charge in [0.25, 0.3) is 5.91 Å². The van der Waals surface area contributed by atoms with Crippen LogP contribution in [0.2, 0.25) is 5.02 Å². The molecule has 0 bridgehead atoms. The van der Waals surface area contributed by atoms with Crippen molar-refractivity contribution in [3.05, 3.63) is 24.7 Å². The first kappa shape index (κ1) is 13.1. The van der Waals surface area contributed by atoms with Gasteiger partial charge in [-0.15, -0.1) is 0 Å². The number of hydrogen-bond donors (Lipinski definition) is 1. The molecule has 1 aromatic rings. The number of hydrogen-bond acceptors (Lipinski definition) is 2. The Labute approximate surface area is 115 Å². The highest BCUT2D eigenvalue weighted by Crippen LogP contribution is 2.34. The van der Waals surface area contributed by atoms with E-state index in [4.69, 9.17) is 17.3 Å². The number of amides is 1. The summed E-state index contributed by atoms with van der Waals surface area (Å²) in [6.45, 7) is 0. The molecule has 0 unspecified atom stereocenters. The second-order valence-electron chi connectivity index (χ2n) is 3.15. The smallest absolute Gasteiger partial charge is 0.255 e. The lowest BCUT2D eigenvalue weighted by molar-refractivity contribution is 0.0828. The number of anilines is 1. The topological polar surface area (TPSA) is 46.3 Å². The van der Waals surface area contributed by atoms with Crippen LogP contribution in [-0.2, 0) is 0 Å². The number of benzene rings is 1. The zero-order valence-corrected chi connectivity index (χ0v) is 12.6. The maximum atomic E-state index is 11.7. The standard InChI is InChI=1S/C9H9BrClIN2O/c1-14(2)9(15)4-3-5(11)6(10)7(12)8(4)13/h3H,13H2,1-2H3. The van der Waals surface area contributed by atoms with Crippen molar-refractivity contribution in [1.82, 2.24) is 4.90 Å². The van der Waals surface area contributed by atoms with Crippen LogP contribution in [0.5, 0.6) is 0 Å². The maximum Gasteiger partial charge on any atom is 0.255 e. The van der Waals surface area contributed by atoms with E-state index in [0.29, 0.717) is 16.3 Å². The van der Waals surface area contributed by atoms with E-state index in [1.165, 1.54) is 4.90 Å². The van der Waals surface area contributed by atoms with Crippen molar-refractivity contribution in [2.24, 2.45) is 0 Å². The normalized spacial score (nSPS) is 10.2. The summed E-state index contributed by atoms with van der Waals surface area (Å²) in [6, 6.07) is 1.57. The third-order valence-electron chi connectivity index (χ3n) is 1.84. The first-order chi connectivity index (χ1) is 6.86.